The van der Waals surface area contributed by atoms with Gasteiger partial charge in [0, 0.05) is 19.4 Å². The maximum absolute atomic E-state index is 12.7. The zero-order valence-corrected chi connectivity index (χ0v) is 14.3. The predicted molar refractivity (Wildman–Crippen MR) is 94.6 cm³/mol. The van der Waals surface area contributed by atoms with Crippen LogP contribution in [0, 0.1) is 0 Å². The normalized spacial score (nSPS) is 17.5. The third-order valence-electron chi connectivity index (χ3n) is 3.57. The van der Waals surface area contributed by atoms with Crippen molar-refractivity contribution in [3.63, 3.8) is 0 Å². The van der Waals surface area contributed by atoms with Crippen LogP contribution in [0.2, 0.25) is 0 Å². The lowest BCUT2D eigenvalue weighted by atomic mass is 10.1. The highest BCUT2D eigenvalue weighted by atomic mass is 32.2. The van der Waals surface area contributed by atoms with Crippen LogP contribution in [0.1, 0.15) is 17.2 Å². The van der Waals surface area contributed by atoms with Crippen LogP contribution in [0.5, 0.6) is 0 Å². The minimum absolute atomic E-state index is 0.209. The molecule has 1 atom stereocenters. The van der Waals surface area contributed by atoms with Gasteiger partial charge in [0.05, 0.1) is 10.9 Å². The number of thiocarbonyl (C=S) groups is 1. The van der Waals surface area contributed by atoms with Crippen molar-refractivity contribution in [3.8, 4) is 0 Å². The second kappa shape index (κ2) is 6.62. The van der Waals surface area contributed by atoms with Crippen molar-refractivity contribution in [3.05, 3.63) is 64.8 Å². The zero-order valence-electron chi connectivity index (χ0n) is 12.7. The van der Waals surface area contributed by atoms with Crippen molar-refractivity contribution in [2.45, 2.75) is 6.04 Å². The highest BCUT2D eigenvalue weighted by molar-refractivity contribution is 8.26. The van der Waals surface area contributed by atoms with E-state index < -0.39 is 17.9 Å². The molecule has 3 rings (SSSR count). The molecule has 0 spiro atoms. The number of rotatable bonds is 4. The van der Waals surface area contributed by atoms with Crippen LogP contribution < -0.4 is 5.11 Å². The molecule has 1 aromatic heterocycles. The first-order valence-corrected chi connectivity index (χ1v) is 8.34. The summed E-state index contributed by atoms with van der Waals surface area (Å²) in [6.07, 6.45) is 5.43. The fourth-order valence-corrected chi connectivity index (χ4v) is 3.80. The highest BCUT2D eigenvalue weighted by Crippen LogP contribution is 2.38. The smallest absolute Gasteiger partial charge is 0.267 e. The molecule has 1 aromatic carbocycles. The molecule has 1 aliphatic rings. The fourth-order valence-electron chi connectivity index (χ4n) is 2.49. The van der Waals surface area contributed by atoms with Gasteiger partial charge in [-0.2, -0.15) is 0 Å². The number of benzene rings is 1. The maximum atomic E-state index is 12.7. The number of carbonyl (C=O) groups is 2. The van der Waals surface area contributed by atoms with Gasteiger partial charge in [-0.15, -0.1) is 0 Å². The van der Waals surface area contributed by atoms with Gasteiger partial charge in [-0.25, -0.2) is 0 Å². The van der Waals surface area contributed by atoms with Crippen molar-refractivity contribution in [2.24, 2.45) is 7.05 Å². The number of carbonyl (C=O) groups excluding carboxylic acids is 2. The summed E-state index contributed by atoms with van der Waals surface area (Å²) < 4.78 is 2.07. The van der Waals surface area contributed by atoms with Gasteiger partial charge >= 0.3 is 0 Å². The van der Waals surface area contributed by atoms with Gasteiger partial charge in [0.15, 0.2) is 0 Å². The lowest BCUT2D eigenvalue weighted by molar-refractivity contribution is -0.310. The molecule has 1 saturated heterocycles. The van der Waals surface area contributed by atoms with Crippen LogP contribution >= 0.6 is 24.0 Å². The lowest BCUT2D eigenvalue weighted by Gasteiger charge is -2.27. The minimum Gasteiger partial charge on any atom is -0.547 e. The van der Waals surface area contributed by atoms with E-state index in [9.17, 15) is 14.7 Å². The number of hydrogen-bond acceptors (Lipinski definition) is 5. The molecule has 24 heavy (non-hydrogen) atoms. The van der Waals surface area contributed by atoms with E-state index in [4.69, 9.17) is 12.2 Å². The summed E-state index contributed by atoms with van der Waals surface area (Å²) in [4.78, 5) is 25.9. The number of amides is 1. The number of hydrogen-bond donors (Lipinski definition) is 0. The number of aryl methyl sites for hydroxylation is 1. The van der Waals surface area contributed by atoms with Crippen molar-refractivity contribution in [1.82, 2.24) is 9.47 Å². The van der Waals surface area contributed by atoms with Gasteiger partial charge in [0.25, 0.3) is 5.91 Å². The Morgan fingerprint density at radius 1 is 1.29 bits per heavy atom. The topological polar surface area (TPSA) is 65.4 Å². The summed E-state index contributed by atoms with van der Waals surface area (Å²) in [5, 5.41) is 11.6. The van der Waals surface area contributed by atoms with E-state index in [0.29, 0.717) is 10.5 Å². The average Bonchev–Trinajstić information content (AvgIpc) is 3.07. The SMILES string of the molecule is Cn1ccc(/C=C2/SC(=S)N([C@@H](C(=O)[O-])c3ccccc3)C2=O)c1. The Balaban J connectivity index is 1.96. The summed E-state index contributed by atoms with van der Waals surface area (Å²) in [6.45, 7) is 0. The van der Waals surface area contributed by atoms with E-state index in [2.05, 4.69) is 0 Å². The number of aromatic nitrogens is 1. The van der Waals surface area contributed by atoms with Crippen molar-refractivity contribution >= 4 is 46.3 Å². The van der Waals surface area contributed by atoms with Crippen molar-refractivity contribution in [2.75, 3.05) is 0 Å². The predicted octanol–water partition coefficient (Wildman–Crippen LogP) is 1.72. The standard InChI is InChI=1S/C17H14N2O3S2/c1-18-8-7-11(10-18)9-13-15(20)19(17(23)24-13)14(16(21)22)12-5-3-2-4-6-12/h2-10,14H,1H3,(H,21,22)/p-1/b13-9+/t14-/m1/s1. The van der Waals surface area contributed by atoms with Crippen LogP contribution in [0.3, 0.4) is 0 Å². The Morgan fingerprint density at radius 2 is 2.00 bits per heavy atom. The molecule has 0 radical (unpaired) electrons. The van der Waals surface area contributed by atoms with Crippen molar-refractivity contribution < 1.29 is 14.7 Å². The number of carboxylic acid groups (broad SMARTS) is 1. The molecular weight excluding hydrogens is 344 g/mol. The molecule has 7 heteroatoms. The largest absolute Gasteiger partial charge is 0.547 e. The van der Waals surface area contributed by atoms with Crippen LogP contribution in [-0.4, -0.2) is 25.7 Å². The Kier molecular flexibility index (Phi) is 4.55. The molecular formula is C17H13N2O3S2-. The zero-order chi connectivity index (χ0) is 17.3. The van der Waals surface area contributed by atoms with E-state index in [1.165, 1.54) is 0 Å². The third kappa shape index (κ3) is 3.13. The second-order valence-electron chi connectivity index (χ2n) is 5.29. The van der Waals surface area contributed by atoms with E-state index in [-0.39, 0.29) is 4.32 Å². The quantitative estimate of drug-likeness (QED) is 0.616. The Labute approximate surface area is 148 Å². The molecule has 0 bridgehead atoms. The summed E-state index contributed by atoms with van der Waals surface area (Å²) in [5.41, 5.74) is 1.30. The van der Waals surface area contributed by atoms with Crippen molar-refractivity contribution in [1.29, 1.82) is 0 Å². The summed E-state index contributed by atoms with van der Waals surface area (Å²) in [5.74, 6) is -1.79. The van der Waals surface area contributed by atoms with Gasteiger partial charge in [-0.3, -0.25) is 9.69 Å². The van der Waals surface area contributed by atoms with E-state index in [0.717, 1.165) is 22.2 Å². The van der Waals surface area contributed by atoms with E-state index in [1.807, 2.05) is 30.1 Å². The first kappa shape index (κ1) is 16.5. The second-order valence-corrected chi connectivity index (χ2v) is 6.97. The Morgan fingerprint density at radius 3 is 2.58 bits per heavy atom. The summed E-state index contributed by atoms with van der Waals surface area (Å²) in [7, 11) is 1.88. The van der Waals surface area contributed by atoms with Gasteiger partial charge in [-0.1, -0.05) is 54.3 Å². The third-order valence-corrected chi connectivity index (χ3v) is 4.90. The maximum Gasteiger partial charge on any atom is 0.267 e. The Hall–Kier alpha value is -2.38. The molecule has 0 saturated carbocycles. The number of aliphatic carboxylic acids is 1. The molecule has 2 heterocycles. The molecule has 0 unspecified atom stereocenters. The molecule has 0 aliphatic carbocycles. The molecule has 122 valence electrons. The van der Waals surface area contributed by atoms with Gasteiger partial charge in [0.2, 0.25) is 0 Å². The van der Waals surface area contributed by atoms with Crippen LogP contribution in [0.4, 0.5) is 0 Å². The summed E-state index contributed by atoms with van der Waals surface area (Å²) >= 11 is 6.34. The van der Waals surface area contributed by atoms with E-state index >= 15 is 0 Å². The molecule has 1 fully saturated rings. The Bertz CT molecular complexity index is 843. The lowest BCUT2D eigenvalue weighted by Crippen LogP contribution is -2.43. The minimum atomic E-state index is -1.36. The van der Waals surface area contributed by atoms with E-state index in [1.54, 1.807) is 36.4 Å². The average molecular weight is 357 g/mol. The first-order valence-electron chi connectivity index (χ1n) is 7.12. The molecule has 2 aromatic rings. The first-order chi connectivity index (χ1) is 11.5. The molecule has 0 N–H and O–H groups in total. The number of thioether (sulfide) groups is 1. The number of nitrogens with zero attached hydrogens (tertiary/aromatic N) is 2. The van der Waals surface area contributed by atoms with Gasteiger partial charge < -0.3 is 14.5 Å². The molecule has 5 nitrogen and oxygen atoms in total. The van der Waals surface area contributed by atoms with Crippen LogP contribution in [-0.2, 0) is 16.6 Å². The van der Waals surface area contributed by atoms with Crippen LogP contribution in [0.15, 0.2) is 53.7 Å². The summed E-state index contributed by atoms with van der Waals surface area (Å²) in [6, 6.07) is 9.10. The fraction of sp³-hybridized carbons (Fsp3) is 0.118. The van der Waals surface area contributed by atoms with Gasteiger partial charge in [0.1, 0.15) is 10.4 Å². The highest BCUT2D eigenvalue weighted by Gasteiger charge is 2.38. The molecule has 1 amide bonds. The molecule has 1 aliphatic heterocycles. The van der Waals surface area contributed by atoms with Gasteiger partial charge in [-0.05, 0) is 23.3 Å². The monoisotopic (exact) mass is 357 g/mol. The van der Waals surface area contributed by atoms with Crippen LogP contribution in [0.25, 0.3) is 6.08 Å². The number of carboxylic acids is 1.